The number of fused-ring (bicyclic) bond motifs is 1. The normalized spacial score (nSPS) is 14.6. The Morgan fingerprint density at radius 3 is 3.18 bits per heavy atom. The fraction of sp³-hybridized carbons (Fsp3) is 0.250. The molecule has 3 heteroatoms. The Kier molecular flexibility index (Phi) is 1.62. The first-order valence-electron chi connectivity index (χ1n) is 3.51. The molecule has 0 fully saturated rings. The minimum Gasteiger partial charge on any atom is -0.291 e. The predicted octanol–water partition coefficient (Wildman–Crippen LogP) is 1.71. The van der Waals surface area contributed by atoms with Crippen LogP contribution in [0.15, 0.2) is 17.1 Å². The molecule has 0 saturated heterocycles. The van der Waals surface area contributed by atoms with Gasteiger partial charge >= 0.3 is 0 Å². The van der Waals surface area contributed by atoms with Crippen molar-refractivity contribution in [3.8, 4) is 0 Å². The lowest BCUT2D eigenvalue weighted by molar-refractivity contribution is 0.935. The van der Waals surface area contributed by atoms with Crippen LogP contribution in [0.5, 0.6) is 0 Å². The first-order chi connectivity index (χ1) is 5.36. The van der Waals surface area contributed by atoms with E-state index in [0.29, 0.717) is 5.15 Å². The van der Waals surface area contributed by atoms with Crippen LogP contribution in [-0.4, -0.2) is 17.7 Å². The second-order valence-electron chi connectivity index (χ2n) is 2.46. The van der Waals surface area contributed by atoms with E-state index in [-0.39, 0.29) is 0 Å². The van der Waals surface area contributed by atoms with E-state index in [2.05, 4.69) is 9.98 Å². The molecular weight excluding hydrogens is 160 g/mol. The van der Waals surface area contributed by atoms with Crippen LogP contribution < -0.4 is 0 Å². The molecule has 11 heavy (non-hydrogen) atoms. The molecule has 1 aliphatic heterocycles. The average Bonchev–Trinajstić information content (AvgIpc) is 2.04. The summed E-state index contributed by atoms with van der Waals surface area (Å²) in [6.45, 7) is 0.871. The smallest absolute Gasteiger partial charge is 0.129 e. The third kappa shape index (κ3) is 1.26. The van der Waals surface area contributed by atoms with E-state index >= 15 is 0 Å². The second-order valence-corrected chi connectivity index (χ2v) is 2.85. The Morgan fingerprint density at radius 1 is 1.36 bits per heavy atom. The highest BCUT2D eigenvalue weighted by Crippen LogP contribution is 2.13. The number of nitrogens with zero attached hydrogens (tertiary/aromatic N) is 2. The average molecular weight is 167 g/mol. The Morgan fingerprint density at radius 2 is 2.27 bits per heavy atom. The first kappa shape index (κ1) is 6.80. The van der Waals surface area contributed by atoms with Crippen LogP contribution in [0.1, 0.15) is 11.3 Å². The van der Waals surface area contributed by atoms with Crippen molar-refractivity contribution in [1.29, 1.82) is 0 Å². The highest BCUT2D eigenvalue weighted by Gasteiger charge is 2.05. The number of halogens is 1. The van der Waals surface area contributed by atoms with Crippen LogP contribution in [0.2, 0.25) is 5.15 Å². The molecule has 1 aliphatic rings. The molecule has 0 aliphatic carbocycles. The molecule has 0 unspecified atom stereocenters. The third-order valence-corrected chi connectivity index (χ3v) is 1.91. The zero-order chi connectivity index (χ0) is 7.68. The summed E-state index contributed by atoms with van der Waals surface area (Å²) in [5.74, 6) is 0. The van der Waals surface area contributed by atoms with Crippen LogP contribution >= 0.6 is 11.6 Å². The molecule has 1 aromatic heterocycles. The van der Waals surface area contributed by atoms with Gasteiger partial charge in [0.05, 0.1) is 5.69 Å². The molecule has 2 nitrogen and oxygen atoms in total. The van der Waals surface area contributed by atoms with E-state index in [4.69, 9.17) is 11.6 Å². The molecule has 0 N–H and O–H groups in total. The summed E-state index contributed by atoms with van der Waals surface area (Å²) < 4.78 is 0. The highest BCUT2D eigenvalue weighted by atomic mass is 35.5. The summed E-state index contributed by atoms with van der Waals surface area (Å²) in [7, 11) is 0. The van der Waals surface area contributed by atoms with Crippen molar-refractivity contribution < 1.29 is 0 Å². The summed E-state index contributed by atoms with van der Waals surface area (Å²) in [6, 6.07) is 3.83. The number of hydrogen-bond acceptors (Lipinski definition) is 2. The monoisotopic (exact) mass is 166 g/mol. The van der Waals surface area contributed by atoms with Crippen molar-refractivity contribution in [2.24, 2.45) is 4.99 Å². The molecule has 0 saturated carbocycles. The minimum atomic E-state index is 0.539. The lowest BCUT2D eigenvalue weighted by atomic mass is 10.1. The van der Waals surface area contributed by atoms with Gasteiger partial charge in [-0.05, 0) is 18.1 Å². The van der Waals surface area contributed by atoms with Crippen molar-refractivity contribution in [3.05, 3.63) is 28.5 Å². The van der Waals surface area contributed by atoms with Crippen LogP contribution in [0, 0.1) is 0 Å². The maximum Gasteiger partial charge on any atom is 0.129 e. The Bertz CT molecular complexity index is 307. The SMILES string of the molecule is Clc1ccc2c(n1)C=NCC2. The topological polar surface area (TPSA) is 25.2 Å². The van der Waals surface area contributed by atoms with E-state index in [1.54, 1.807) is 6.21 Å². The molecule has 0 spiro atoms. The molecule has 0 atom stereocenters. The van der Waals surface area contributed by atoms with Gasteiger partial charge in [-0.1, -0.05) is 17.7 Å². The molecule has 2 rings (SSSR count). The van der Waals surface area contributed by atoms with Gasteiger partial charge in [0.1, 0.15) is 5.15 Å². The fourth-order valence-corrected chi connectivity index (χ4v) is 1.29. The van der Waals surface area contributed by atoms with Gasteiger partial charge in [0, 0.05) is 12.8 Å². The van der Waals surface area contributed by atoms with E-state index in [1.807, 2.05) is 12.1 Å². The largest absolute Gasteiger partial charge is 0.291 e. The standard InChI is InChI=1S/C8H7ClN2/c9-8-2-1-6-3-4-10-5-7(6)11-8/h1-2,5H,3-4H2. The van der Waals surface area contributed by atoms with Crippen LogP contribution in [0.4, 0.5) is 0 Å². The quantitative estimate of drug-likeness (QED) is 0.539. The highest BCUT2D eigenvalue weighted by molar-refractivity contribution is 6.29. The Balaban J connectivity index is 2.54. The summed E-state index contributed by atoms with van der Waals surface area (Å²) >= 11 is 5.70. The summed E-state index contributed by atoms with van der Waals surface area (Å²) in [5.41, 5.74) is 2.16. The molecule has 0 aromatic carbocycles. The minimum absolute atomic E-state index is 0.539. The predicted molar refractivity (Wildman–Crippen MR) is 45.4 cm³/mol. The molecule has 0 bridgehead atoms. The number of rotatable bonds is 0. The first-order valence-corrected chi connectivity index (χ1v) is 3.89. The summed E-state index contributed by atoms with van der Waals surface area (Å²) in [5, 5.41) is 0.539. The zero-order valence-electron chi connectivity index (χ0n) is 5.92. The fourth-order valence-electron chi connectivity index (χ4n) is 1.14. The molecule has 56 valence electrons. The van der Waals surface area contributed by atoms with Crippen LogP contribution in [-0.2, 0) is 6.42 Å². The van der Waals surface area contributed by atoms with Crippen LogP contribution in [0.3, 0.4) is 0 Å². The van der Waals surface area contributed by atoms with Crippen LogP contribution in [0.25, 0.3) is 0 Å². The van der Waals surface area contributed by atoms with Gasteiger partial charge < -0.3 is 0 Å². The molecule has 2 heterocycles. The van der Waals surface area contributed by atoms with Gasteiger partial charge in [0.15, 0.2) is 0 Å². The lowest BCUT2D eigenvalue weighted by Gasteiger charge is -2.07. The van der Waals surface area contributed by atoms with Gasteiger partial charge in [0.25, 0.3) is 0 Å². The van der Waals surface area contributed by atoms with E-state index < -0.39 is 0 Å². The number of aromatic nitrogens is 1. The van der Waals surface area contributed by atoms with Gasteiger partial charge in [-0.3, -0.25) is 4.99 Å². The Hall–Kier alpha value is -0.890. The zero-order valence-corrected chi connectivity index (χ0v) is 6.67. The maximum absolute atomic E-state index is 5.70. The van der Waals surface area contributed by atoms with Gasteiger partial charge in [-0.2, -0.15) is 0 Å². The van der Waals surface area contributed by atoms with E-state index in [0.717, 1.165) is 18.7 Å². The van der Waals surface area contributed by atoms with Crippen molar-refractivity contribution in [1.82, 2.24) is 4.98 Å². The van der Waals surface area contributed by atoms with Crippen molar-refractivity contribution in [2.45, 2.75) is 6.42 Å². The second kappa shape index (κ2) is 2.62. The van der Waals surface area contributed by atoms with Crippen molar-refractivity contribution in [3.63, 3.8) is 0 Å². The summed E-state index contributed by atoms with van der Waals surface area (Å²) in [4.78, 5) is 8.24. The third-order valence-electron chi connectivity index (χ3n) is 1.70. The molecule has 0 radical (unpaired) electrons. The van der Waals surface area contributed by atoms with Gasteiger partial charge in [0.2, 0.25) is 0 Å². The van der Waals surface area contributed by atoms with E-state index in [9.17, 15) is 0 Å². The Labute approximate surface area is 69.9 Å². The molecular formula is C8H7ClN2. The van der Waals surface area contributed by atoms with Gasteiger partial charge in [-0.25, -0.2) is 4.98 Å². The van der Waals surface area contributed by atoms with E-state index in [1.165, 1.54) is 5.56 Å². The van der Waals surface area contributed by atoms with Crippen molar-refractivity contribution >= 4 is 17.8 Å². The lowest BCUT2D eigenvalue weighted by Crippen LogP contribution is -2.04. The number of pyridine rings is 1. The molecule has 1 aromatic rings. The maximum atomic E-state index is 5.70. The number of hydrogen-bond donors (Lipinski definition) is 0. The summed E-state index contributed by atoms with van der Waals surface area (Å²) in [6.07, 6.45) is 2.76. The number of aliphatic imine (C=N–C) groups is 1. The van der Waals surface area contributed by atoms with Gasteiger partial charge in [-0.15, -0.1) is 0 Å². The molecule has 0 amide bonds. The van der Waals surface area contributed by atoms with Crippen molar-refractivity contribution in [2.75, 3.05) is 6.54 Å².